The monoisotopic (exact) mass is 227 g/mol. The molecular weight excluding hydrogens is 214 g/mol. The fourth-order valence-corrected chi connectivity index (χ4v) is 1.66. The Labute approximate surface area is 94.2 Å². The van der Waals surface area contributed by atoms with E-state index in [9.17, 15) is 4.79 Å². The second-order valence-electron chi connectivity index (χ2n) is 3.45. The number of carbonyl (C=O) groups is 1. The fraction of sp³-hybridized carbons (Fsp3) is 0.364. The van der Waals surface area contributed by atoms with Crippen molar-refractivity contribution in [2.45, 2.75) is 19.4 Å². The molecule has 0 aromatic heterocycles. The largest absolute Gasteiger partial charge is 0.469 e. The van der Waals surface area contributed by atoms with Crippen LogP contribution in [0.5, 0.6) is 0 Å². The molecule has 15 heavy (non-hydrogen) atoms. The van der Waals surface area contributed by atoms with Crippen LogP contribution in [0.15, 0.2) is 18.2 Å². The fourth-order valence-electron chi connectivity index (χ4n) is 1.36. The molecular formula is C11H14ClNO2. The van der Waals surface area contributed by atoms with Gasteiger partial charge in [-0.3, -0.25) is 4.79 Å². The van der Waals surface area contributed by atoms with E-state index < -0.39 is 0 Å². The van der Waals surface area contributed by atoms with E-state index in [-0.39, 0.29) is 18.4 Å². The van der Waals surface area contributed by atoms with Crippen LogP contribution in [-0.2, 0) is 9.53 Å². The summed E-state index contributed by atoms with van der Waals surface area (Å²) in [7, 11) is 1.35. The van der Waals surface area contributed by atoms with E-state index in [1.807, 2.05) is 19.1 Å². The summed E-state index contributed by atoms with van der Waals surface area (Å²) < 4.78 is 4.55. The van der Waals surface area contributed by atoms with Gasteiger partial charge in [0.1, 0.15) is 0 Å². The lowest BCUT2D eigenvalue weighted by atomic mass is 10.0. The van der Waals surface area contributed by atoms with Crippen LogP contribution in [0.1, 0.15) is 23.6 Å². The summed E-state index contributed by atoms with van der Waals surface area (Å²) in [6.45, 7) is 1.93. The van der Waals surface area contributed by atoms with Crippen molar-refractivity contribution in [3.8, 4) is 0 Å². The zero-order chi connectivity index (χ0) is 11.4. The number of halogens is 1. The molecule has 0 aliphatic carbocycles. The van der Waals surface area contributed by atoms with Gasteiger partial charge in [-0.05, 0) is 30.2 Å². The predicted molar refractivity (Wildman–Crippen MR) is 59.8 cm³/mol. The topological polar surface area (TPSA) is 52.3 Å². The van der Waals surface area contributed by atoms with Gasteiger partial charge in [0.05, 0.1) is 13.5 Å². The molecule has 0 aliphatic rings. The number of carbonyl (C=O) groups excluding carboxylic acids is 1. The summed E-state index contributed by atoms with van der Waals surface area (Å²) in [5.41, 5.74) is 7.73. The van der Waals surface area contributed by atoms with Crippen LogP contribution < -0.4 is 5.73 Å². The molecule has 2 N–H and O–H groups in total. The zero-order valence-electron chi connectivity index (χ0n) is 8.79. The summed E-state index contributed by atoms with van der Waals surface area (Å²) in [6, 6.07) is 5.16. The van der Waals surface area contributed by atoms with Crippen LogP contribution in [0.2, 0.25) is 5.02 Å². The number of aryl methyl sites for hydroxylation is 1. The average Bonchev–Trinajstić information content (AvgIpc) is 2.16. The maximum atomic E-state index is 11.0. The van der Waals surface area contributed by atoms with Crippen LogP contribution in [0.4, 0.5) is 0 Å². The first-order valence-corrected chi connectivity index (χ1v) is 5.00. The number of ether oxygens (including phenoxy) is 1. The van der Waals surface area contributed by atoms with Gasteiger partial charge < -0.3 is 10.5 Å². The van der Waals surface area contributed by atoms with E-state index in [0.29, 0.717) is 5.02 Å². The van der Waals surface area contributed by atoms with E-state index in [2.05, 4.69) is 4.74 Å². The van der Waals surface area contributed by atoms with E-state index in [0.717, 1.165) is 11.1 Å². The second kappa shape index (κ2) is 5.14. The molecule has 0 saturated carbocycles. The molecule has 0 amide bonds. The van der Waals surface area contributed by atoms with Gasteiger partial charge in [-0.15, -0.1) is 0 Å². The van der Waals surface area contributed by atoms with Crippen molar-refractivity contribution in [1.29, 1.82) is 0 Å². The number of hydrogen-bond acceptors (Lipinski definition) is 3. The predicted octanol–water partition coefficient (Wildman–Crippen LogP) is 2.21. The lowest BCUT2D eigenvalue weighted by molar-refractivity contribution is -0.141. The van der Waals surface area contributed by atoms with Gasteiger partial charge in [-0.1, -0.05) is 17.7 Å². The van der Waals surface area contributed by atoms with Crippen LogP contribution in [0.3, 0.4) is 0 Å². The summed E-state index contributed by atoms with van der Waals surface area (Å²) >= 11 is 5.89. The van der Waals surface area contributed by atoms with E-state index in [1.54, 1.807) is 6.07 Å². The highest BCUT2D eigenvalue weighted by Crippen LogP contribution is 2.21. The first-order valence-electron chi connectivity index (χ1n) is 4.62. The quantitative estimate of drug-likeness (QED) is 0.806. The van der Waals surface area contributed by atoms with Crippen molar-refractivity contribution in [2.24, 2.45) is 5.73 Å². The third kappa shape index (κ3) is 3.53. The molecule has 0 radical (unpaired) electrons. The summed E-state index contributed by atoms with van der Waals surface area (Å²) in [4.78, 5) is 11.0. The Hall–Kier alpha value is -1.06. The molecule has 0 fully saturated rings. The minimum absolute atomic E-state index is 0.163. The number of rotatable bonds is 3. The van der Waals surface area contributed by atoms with Crippen LogP contribution >= 0.6 is 11.6 Å². The van der Waals surface area contributed by atoms with Gasteiger partial charge in [-0.25, -0.2) is 0 Å². The van der Waals surface area contributed by atoms with Gasteiger partial charge in [0.2, 0.25) is 0 Å². The zero-order valence-corrected chi connectivity index (χ0v) is 9.54. The van der Waals surface area contributed by atoms with Crippen molar-refractivity contribution in [3.05, 3.63) is 34.3 Å². The van der Waals surface area contributed by atoms with Gasteiger partial charge >= 0.3 is 5.97 Å². The summed E-state index contributed by atoms with van der Waals surface area (Å²) in [6.07, 6.45) is 0.163. The first-order chi connectivity index (χ1) is 7.02. The number of hydrogen-bond donors (Lipinski definition) is 1. The molecule has 1 aromatic rings. The Bertz CT molecular complexity index is 345. The van der Waals surface area contributed by atoms with Gasteiger partial charge in [0.25, 0.3) is 0 Å². The molecule has 1 aromatic carbocycles. The van der Waals surface area contributed by atoms with E-state index in [4.69, 9.17) is 17.3 Å². The number of esters is 1. The molecule has 0 aliphatic heterocycles. The van der Waals surface area contributed by atoms with Crippen molar-refractivity contribution < 1.29 is 9.53 Å². The molecule has 1 rings (SSSR count). The molecule has 0 spiro atoms. The molecule has 0 heterocycles. The van der Waals surface area contributed by atoms with Crippen molar-refractivity contribution in [1.82, 2.24) is 0 Å². The van der Waals surface area contributed by atoms with Crippen LogP contribution in [0, 0.1) is 6.92 Å². The SMILES string of the molecule is COC(=O)C[C@H](N)c1cc(C)cc(Cl)c1. The van der Waals surface area contributed by atoms with Crippen LogP contribution in [0.25, 0.3) is 0 Å². The standard InChI is InChI=1S/C11H14ClNO2/c1-7-3-8(5-9(12)4-7)10(13)6-11(14)15-2/h3-5,10H,6,13H2,1-2H3/t10-/m0/s1. The first kappa shape index (κ1) is 12.0. The van der Waals surface area contributed by atoms with E-state index in [1.165, 1.54) is 7.11 Å². The highest BCUT2D eigenvalue weighted by atomic mass is 35.5. The number of benzene rings is 1. The molecule has 0 bridgehead atoms. The third-order valence-electron chi connectivity index (χ3n) is 2.11. The highest BCUT2D eigenvalue weighted by molar-refractivity contribution is 6.30. The number of methoxy groups -OCH3 is 1. The molecule has 0 unspecified atom stereocenters. The molecule has 1 atom stereocenters. The Balaban J connectivity index is 2.81. The van der Waals surface area contributed by atoms with E-state index >= 15 is 0 Å². The van der Waals surface area contributed by atoms with Crippen molar-refractivity contribution in [3.63, 3.8) is 0 Å². The maximum Gasteiger partial charge on any atom is 0.307 e. The summed E-state index contributed by atoms with van der Waals surface area (Å²) in [5.74, 6) is -0.319. The van der Waals surface area contributed by atoms with Gasteiger partial charge in [0, 0.05) is 11.1 Å². The Kier molecular flexibility index (Phi) is 4.12. The molecule has 0 saturated heterocycles. The Morgan fingerprint density at radius 3 is 2.73 bits per heavy atom. The lowest BCUT2D eigenvalue weighted by Gasteiger charge is -2.11. The Morgan fingerprint density at radius 2 is 2.20 bits per heavy atom. The number of nitrogens with two attached hydrogens (primary N) is 1. The van der Waals surface area contributed by atoms with Crippen molar-refractivity contribution >= 4 is 17.6 Å². The normalized spacial score (nSPS) is 12.3. The average molecular weight is 228 g/mol. The van der Waals surface area contributed by atoms with Gasteiger partial charge in [-0.2, -0.15) is 0 Å². The molecule has 82 valence electrons. The minimum atomic E-state index is -0.366. The second-order valence-corrected chi connectivity index (χ2v) is 3.89. The van der Waals surface area contributed by atoms with Gasteiger partial charge in [0.15, 0.2) is 0 Å². The molecule has 3 nitrogen and oxygen atoms in total. The highest BCUT2D eigenvalue weighted by Gasteiger charge is 2.12. The third-order valence-corrected chi connectivity index (χ3v) is 2.33. The maximum absolute atomic E-state index is 11.0. The smallest absolute Gasteiger partial charge is 0.307 e. The molecule has 4 heteroatoms. The Morgan fingerprint density at radius 1 is 1.53 bits per heavy atom. The lowest BCUT2D eigenvalue weighted by Crippen LogP contribution is -2.16. The van der Waals surface area contributed by atoms with Crippen LogP contribution in [-0.4, -0.2) is 13.1 Å². The minimum Gasteiger partial charge on any atom is -0.469 e. The van der Waals surface area contributed by atoms with Crippen molar-refractivity contribution in [2.75, 3.05) is 7.11 Å². The summed E-state index contributed by atoms with van der Waals surface area (Å²) in [5, 5.41) is 0.630.